The van der Waals surface area contributed by atoms with Crippen molar-refractivity contribution in [2.75, 3.05) is 33.8 Å². The summed E-state index contributed by atoms with van der Waals surface area (Å²) in [7, 11) is 4.03. The lowest BCUT2D eigenvalue weighted by molar-refractivity contribution is -0.858. The number of Topliss-reactive ketones (excluding diaryl/α,β-unsaturated/α-hetero) is 1. The lowest BCUT2D eigenvalue weighted by Crippen LogP contribution is -3.05. The van der Waals surface area contributed by atoms with Crippen LogP contribution in [0.1, 0.15) is 36.5 Å². The van der Waals surface area contributed by atoms with Crippen LogP contribution in [0.2, 0.25) is 5.02 Å². The lowest BCUT2D eigenvalue weighted by atomic mass is 9.99. The Morgan fingerprint density at radius 3 is 2.58 bits per heavy atom. The molecule has 1 aromatic heterocycles. The summed E-state index contributed by atoms with van der Waals surface area (Å²) in [5.41, 5.74) is 0.106. The first kappa shape index (κ1) is 22.9. The molecule has 166 valence electrons. The number of carbonyl (C=O) groups excluding carboxylic acids is 2. The molecule has 31 heavy (non-hydrogen) atoms. The van der Waals surface area contributed by atoms with E-state index in [0.29, 0.717) is 36.8 Å². The van der Waals surface area contributed by atoms with E-state index in [0.717, 1.165) is 6.54 Å². The summed E-state index contributed by atoms with van der Waals surface area (Å²) in [6, 6.07) is 7.19. The second-order valence-corrected chi connectivity index (χ2v) is 8.22. The molecule has 1 N–H and O–H groups in total. The maximum absolute atomic E-state index is 13.4. The molecule has 8 heteroatoms. The molecule has 1 saturated heterocycles. The summed E-state index contributed by atoms with van der Waals surface area (Å²) in [4.78, 5) is 28.4. The molecule has 0 spiro atoms. The average molecular weight is 447 g/mol. The minimum Gasteiger partial charge on any atom is -0.872 e. The number of rotatable bonds is 8. The fraction of sp³-hybridized carbons (Fsp3) is 0.391. The van der Waals surface area contributed by atoms with Crippen LogP contribution < -0.4 is 14.7 Å². The lowest BCUT2D eigenvalue weighted by Gasteiger charge is -2.26. The van der Waals surface area contributed by atoms with Gasteiger partial charge in [-0.25, -0.2) is 0 Å². The fourth-order valence-electron chi connectivity index (χ4n) is 3.67. The van der Waals surface area contributed by atoms with Gasteiger partial charge in [-0.3, -0.25) is 9.59 Å². The Bertz CT molecular complexity index is 1010. The minimum atomic E-state index is -0.858. The zero-order chi connectivity index (χ0) is 22.7. The van der Waals surface area contributed by atoms with E-state index in [-0.39, 0.29) is 16.2 Å². The molecule has 0 radical (unpaired) electrons. The number of likely N-dealkylation sites (tertiary alicyclic amines) is 1. The van der Waals surface area contributed by atoms with Gasteiger partial charge in [-0.15, -0.1) is 0 Å². The number of ketones is 1. The quantitative estimate of drug-likeness (QED) is 0.376. The summed E-state index contributed by atoms with van der Waals surface area (Å²) in [5, 5.41) is 13.6. The van der Waals surface area contributed by atoms with Crippen LogP contribution >= 0.6 is 11.6 Å². The maximum Gasteiger partial charge on any atom is 0.295 e. The third-order valence-corrected chi connectivity index (χ3v) is 5.43. The molecule has 1 amide bonds. The predicted molar refractivity (Wildman–Crippen MR) is 115 cm³/mol. The van der Waals surface area contributed by atoms with Crippen molar-refractivity contribution in [3.63, 3.8) is 0 Å². The van der Waals surface area contributed by atoms with Crippen LogP contribution in [0.15, 0.2) is 40.3 Å². The van der Waals surface area contributed by atoms with Gasteiger partial charge in [0.25, 0.3) is 5.91 Å². The van der Waals surface area contributed by atoms with Gasteiger partial charge in [-0.1, -0.05) is 23.4 Å². The molecule has 2 heterocycles. The van der Waals surface area contributed by atoms with Crippen LogP contribution in [0.25, 0.3) is 5.76 Å². The summed E-state index contributed by atoms with van der Waals surface area (Å²) in [6.45, 7) is 5.20. The van der Waals surface area contributed by atoms with Crippen molar-refractivity contribution in [1.29, 1.82) is 0 Å². The molecule has 1 atom stereocenters. The van der Waals surface area contributed by atoms with Crippen molar-refractivity contribution in [2.45, 2.75) is 26.3 Å². The van der Waals surface area contributed by atoms with Gasteiger partial charge in [0.2, 0.25) is 5.78 Å². The number of quaternary nitrogens is 1. The van der Waals surface area contributed by atoms with Gasteiger partial charge in [-0.2, -0.15) is 0 Å². The normalized spacial score (nSPS) is 18.3. The van der Waals surface area contributed by atoms with Crippen LogP contribution in [0, 0.1) is 6.92 Å². The van der Waals surface area contributed by atoms with E-state index in [1.165, 1.54) is 15.9 Å². The SMILES string of the molecule is CCOc1ccc(/C([O-])=C2\C(=O)C(=O)N(CCC[NH+](C)C)C2c2ccc(C)o2)cc1Cl. The van der Waals surface area contributed by atoms with Crippen LogP contribution in [-0.2, 0) is 9.59 Å². The third kappa shape index (κ3) is 4.78. The molecule has 1 aromatic carbocycles. The van der Waals surface area contributed by atoms with E-state index in [1.54, 1.807) is 31.2 Å². The maximum atomic E-state index is 13.4. The van der Waals surface area contributed by atoms with Crippen molar-refractivity contribution < 1.29 is 28.7 Å². The van der Waals surface area contributed by atoms with Crippen molar-refractivity contribution >= 4 is 29.1 Å². The van der Waals surface area contributed by atoms with Crippen molar-refractivity contribution in [2.24, 2.45) is 0 Å². The van der Waals surface area contributed by atoms with Gasteiger partial charge < -0.3 is 24.1 Å². The first-order valence-corrected chi connectivity index (χ1v) is 10.7. The zero-order valence-corrected chi connectivity index (χ0v) is 18.9. The molecular weight excluding hydrogens is 420 g/mol. The Labute approximate surface area is 186 Å². The van der Waals surface area contributed by atoms with Crippen molar-refractivity contribution in [3.8, 4) is 5.75 Å². The zero-order valence-electron chi connectivity index (χ0n) is 18.2. The molecular formula is C23H27ClN2O5. The highest BCUT2D eigenvalue weighted by Crippen LogP contribution is 2.40. The van der Waals surface area contributed by atoms with Crippen LogP contribution in [-0.4, -0.2) is 50.4 Å². The highest BCUT2D eigenvalue weighted by atomic mass is 35.5. The number of amides is 1. The highest BCUT2D eigenvalue weighted by molar-refractivity contribution is 6.46. The second kappa shape index (κ2) is 9.58. The summed E-state index contributed by atoms with van der Waals surface area (Å²) >= 11 is 6.24. The molecule has 0 saturated carbocycles. The van der Waals surface area contributed by atoms with Gasteiger partial charge >= 0.3 is 0 Å². The van der Waals surface area contributed by atoms with E-state index in [2.05, 4.69) is 0 Å². The Kier molecular flexibility index (Phi) is 7.08. The largest absolute Gasteiger partial charge is 0.872 e. The second-order valence-electron chi connectivity index (χ2n) is 7.81. The van der Waals surface area contributed by atoms with E-state index >= 15 is 0 Å². The van der Waals surface area contributed by atoms with Crippen molar-refractivity contribution in [1.82, 2.24) is 4.90 Å². The fourth-order valence-corrected chi connectivity index (χ4v) is 3.91. The molecule has 3 rings (SSSR count). The highest BCUT2D eigenvalue weighted by Gasteiger charge is 2.45. The molecule has 0 aliphatic carbocycles. The molecule has 2 aromatic rings. The average Bonchev–Trinajstić information content (AvgIpc) is 3.25. The van der Waals surface area contributed by atoms with Gasteiger partial charge in [0.05, 0.1) is 32.3 Å². The van der Waals surface area contributed by atoms with Gasteiger partial charge in [-0.05, 0) is 43.7 Å². The molecule has 0 bridgehead atoms. The molecule has 1 fully saturated rings. The monoisotopic (exact) mass is 446 g/mol. The van der Waals surface area contributed by atoms with Crippen LogP contribution in [0.5, 0.6) is 5.75 Å². The number of furan rings is 1. The molecule has 1 aliphatic heterocycles. The molecule has 1 aliphatic rings. The number of aryl methyl sites for hydroxylation is 1. The standard InChI is InChI=1S/C23H27ClN2O5/c1-5-30-17-10-8-15(13-16(17)24)21(27)19-20(18-9-7-14(2)31-18)26(23(29)22(19)28)12-6-11-25(3)4/h7-10,13,20,27H,5-6,11-12H2,1-4H3/b21-19+. The van der Waals surface area contributed by atoms with E-state index in [1.807, 2.05) is 21.0 Å². The number of ether oxygens (including phenoxy) is 1. The smallest absolute Gasteiger partial charge is 0.295 e. The summed E-state index contributed by atoms with van der Waals surface area (Å²) in [5.74, 6) is -0.544. The number of hydrogen-bond acceptors (Lipinski definition) is 5. The third-order valence-electron chi connectivity index (χ3n) is 5.13. The Hall–Kier alpha value is -2.77. The first-order chi connectivity index (χ1) is 14.7. The number of carbonyl (C=O) groups is 2. The molecule has 1 unspecified atom stereocenters. The Balaban J connectivity index is 2.06. The van der Waals surface area contributed by atoms with Gasteiger partial charge in [0, 0.05) is 18.5 Å². The number of benzene rings is 1. The number of nitrogens with one attached hydrogen (secondary N) is 1. The summed E-state index contributed by atoms with van der Waals surface area (Å²) < 4.78 is 11.2. The van der Waals surface area contributed by atoms with Crippen LogP contribution in [0.3, 0.4) is 0 Å². The number of hydrogen-bond donors (Lipinski definition) is 1. The minimum absolute atomic E-state index is 0.114. The number of nitrogens with zero attached hydrogens (tertiary/aromatic N) is 1. The van der Waals surface area contributed by atoms with E-state index in [9.17, 15) is 14.7 Å². The Morgan fingerprint density at radius 1 is 1.26 bits per heavy atom. The van der Waals surface area contributed by atoms with Crippen LogP contribution in [0.4, 0.5) is 0 Å². The molecule has 7 nitrogen and oxygen atoms in total. The first-order valence-electron chi connectivity index (χ1n) is 10.3. The predicted octanol–water partition coefficient (Wildman–Crippen LogP) is 1.40. The topological polar surface area (TPSA) is 87.2 Å². The Morgan fingerprint density at radius 2 is 2.00 bits per heavy atom. The number of halogens is 1. The van der Waals surface area contributed by atoms with E-state index < -0.39 is 23.5 Å². The summed E-state index contributed by atoms with van der Waals surface area (Å²) in [6.07, 6.45) is 0.688. The van der Waals surface area contributed by atoms with Crippen molar-refractivity contribution in [3.05, 3.63) is 58.0 Å². The van der Waals surface area contributed by atoms with Gasteiger partial charge in [0.1, 0.15) is 23.3 Å². The van der Waals surface area contributed by atoms with E-state index in [4.69, 9.17) is 20.8 Å². The van der Waals surface area contributed by atoms with Gasteiger partial charge in [0.15, 0.2) is 0 Å².